The molecule has 2 N–H and O–H groups in total. The summed E-state index contributed by atoms with van der Waals surface area (Å²) in [6.07, 6.45) is 6.64. The monoisotopic (exact) mass is 561 g/mol. The molecule has 0 unspecified atom stereocenters. The number of fused-ring (bicyclic) bond motifs is 3. The van der Waals surface area contributed by atoms with Crippen molar-refractivity contribution in [2.24, 2.45) is 0 Å². The summed E-state index contributed by atoms with van der Waals surface area (Å²) >= 11 is 0. The number of nitrogens with zero attached hydrogens (tertiary/aromatic N) is 5. The van der Waals surface area contributed by atoms with E-state index in [-0.39, 0.29) is 5.91 Å². The fourth-order valence-electron chi connectivity index (χ4n) is 6.17. The fourth-order valence-corrected chi connectivity index (χ4v) is 6.17. The van der Waals surface area contributed by atoms with Crippen LogP contribution < -0.4 is 0 Å². The van der Waals surface area contributed by atoms with Crippen molar-refractivity contribution in [3.63, 3.8) is 0 Å². The van der Waals surface area contributed by atoms with E-state index in [9.17, 15) is 4.79 Å². The minimum Gasteiger partial charge on any atom is -0.375 e. The summed E-state index contributed by atoms with van der Waals surface area (Å²) in [5.41, 5.74) is 12.5. The van der Waals surface area contributed by atoms with Crippen molar-refractivity contribution in [1.29, 1.82) is 0 Å². The van der Waals surface area contributed by atoms with E-state index in [0.717, 1.165) is 90.6 Å². The number of carbonyl (C=O) groups is 1. The average Bonchev–Trinajstić information content (AvgIpc) is 3.63. The number of rotatable bonds is 6. The molecule has 214 valence electrons. The predicted molar refractivity (Wildman–Crippen MR) is 162 cm³/mol. The maximum atomic E-state index is 12.3. The number of aromatic amines is 2. The number of hydrogen-bond acceptors (Lipinski definition) is 6. The van der Waals surface area contributed by atoms with Crippen LogP contribution in [-0.4, -0.2) is 74.4 Å². The summed E-state index contributed by atoms with van der Waals surface area (Å²) in [5, 5.41) is 0. The Morgan fingerprint density at radius 2 is 1.95 bits per heavy atom. The molecule has 5 heterocycles. The highest BCUT2D eigenvalue weighted by atomic mass is 16.5. The zero-order valence-corrected chi connectivity index (χ0v) is 24.3. The van der Waals surface area contributed by atoms with Gasteiger partial charge in [0.1, 0.15) is 11.3 Å². The lowest BCUT2D eigenvalue weighted by molar-refractivity contribution is 0.0827. The molecule has 0 saturated heterocycles. The molecule has 5 aromatic rings. The number of ether oxygens (including phenoxy) is 1. The largest absolute Gasteiger partial charge is 0.375 e. The summed E-state index contributed by atoms with van der Waals surface area (Å²) < 4.78 is 5.56. The standard InChI is InChI=1S/C33H35N7O2/c1-20-14-23(15-24-18-40(11-8-25(20)24)12-9-30-36-27-10-13-42-19-29(27)37-30)28-17-35-32-31(38-28)26(16-34-32)21-4-6-22(7-5-21)33(41)39(2)3/h4-7,14-17H,8-13,18-19H2,1-3H3,(H,34,35)(H,36,37). The molecule has 42 heavy (non-hydrogen) atoms. The van der Waals surface area contributed by atoms with Crippen molar-refractivity contribution in [3.05, 3.63) is 88.3 Å². The summed E-state index contributed by atoms with van der Waals surface area (Å²) in [5.74, 6) is 1.05. The third-order valence-corrected chi connectivity index (χ3v) is 8.47. The fraction of sp³-hybridized carbons (Fsp3) is 0.333. The highest BCUT2D eigenvalue weighted by molar-refractivity contribution is 5.96. The second kappa shape index (κ2) is 10.8. The molecule has 0 atom stereocenters. The van der Waals surface area contributed by atoms with Gasteiger partial charge in [0.2, 0.25) is 0 Å². The highest BCUT2D eigenvalue weighted by Crippen LogP contribution is 2.32. The molecule has 0 radical (unpaired) electrons. The van der Waals surface area contributed by atoms with Gasteiger partial charge in [0, 0.05) is 69.5 Å². The van der Waals surface area contributed by atoms with Gasteiger partial charge in [-0.15, -0.1) is 0 Å². The first-order valence-electron chi connectivity index (χ1n) is 14.6. The number of H-pyrrole nitrogens is 2. The van der Waals surface area contributed by atoms with Gasteiger partial charge in [-0.2, -0.15) is 0 Å². The number of nitrogens with one attached hydrogen (secondary N) is 2. The molecule has 2 aliphatic heterocycles. The molecule has 1 amide bonds. The number of aryl methyl sites for hydroxylation is 1. The number of carbonyl (C=O) groups excluding carboxylic acids is 1. The molecule has 9 heteroatoms. The van der Waals surface area contributed by atoms with Gasteiger partial charge in [-0.1, -0.05) is 12.1 Å². The summed E-state index contributed by atoms with van der Waals surface area (Å²) in [6, 6.07) is 12.2. The van der Waals surface area contributed by atoms with E-state index >= 15 is 0 Å². The van der Waals surface area contributed by atoms with Crippen molar-refractivity contribution in [1.82, 2.24) is 34.7 Å². The van der Waals surface area contributed by atoms with E-state index in [0.29, 0.717) is 12.2 Å². The van der Waals surface area contributed by atoms with Gasteiger partial charge in [0.25, 0.3) is 5.91 Å². The van der Waals surface area contributed by atoms with E-state index in [1.807, 2.05) is 36.7 Å². The van der Waals surface area contributed by atoms with Crippen molar-refractivity contribution in [2.45, 2.75) is 39.3 Å². The molecular formula is C33H35N7O2. The van der Waals surface area contributed by atoms with Gasteiger partial charge in [-0.25, -0.2) is 15.0 Å². The third-order valence-electron chi connectivity index (χ3n) is 8.47. The number of imidazole rings is 1. The van der Waals surface area contributed by atoms with Gasteiger partial charge in [0.05, 0.1) is 36.5 Å². The van der Waals surface area contributed by atoms with Crippen LogP contribution >= 0.6 is 0 Å². The minimum absolute atomic E-state index is 0.0151. The van der Waals surface area contributed by atoms with Crippen LogP contribution in [0, 0.1) is 6.92 Å². The van der Waals surface area contributed by atoms with E-state index in [1.54, 1.807) is 19.0 Å². The topological polar surface area (TPSA) is 103 Å². The van der Waals surface area contributed by atoms with Gasteiger partial charge in [-0.05, 0) is 59.9 Å². The first-order valence-corrected chi connectivity index (χ1v) is 14.6. The number of aromatic nitrogens is 5. The zero-order chi connectivity index (χ0) is 28.8. The third kappa shape index (κ3) is 4.99. The number of hydrogen-bond donors (Lipinski definition) is 2. The van der Waals surface area contributed by atoms with Gasteiger partial charge in [0.15, 0.2) is 5.65 Å². The number of benzene rings is 2. The Morgan fingerprint density at radius 3 is 2.76 bits per heavy atom. The lowest BCUT2D eigenvalue weighted by Gasteiger charge is -2.30. The Balaban J connectivity index is 1.12. The van der Waals surface area contributed by atoms with Crippen LogP contribution in [0.2, 0.25) is 0 Å². The Hall–Kier alpha value is -4.34. The molecule has 3 aromatic heterocycles. The predicted octanol–water partition coefficient (Wildman–Crippen LogP) is 4.70. The van der Waals surface area contributed by atoms with Gasteiger partial charge < -0.3 is 19.6 Å². The van der Waals surface area contributed by atoms with Gasteiger partial charge in [-0.3, -0.25) is 9.69 Å². The number of amides is 1. The van der Waals surface area contributed by atoms with Crippen LogP contribution in [0.1, 0.15) is 44.3 Å². The quantitative estimate of drug-likeness (QED) is 0.312. The average molecular weight is 562 g/mol. The van der Waals surface area contributed by atoms with Crippen LogP contribution in [-0.2, 0) is 37.2 Å². The van der Waals surface area contributed by atoms with E-state index < -0.39 is 0 Å². The van der Waals surface area contributed by atoms with E-state index in [2.05, 4.69) is 33.9 Å². The van der Waals surface area contributed by atoms with E-state index in [4.69, 9.17) is 19.7 Å². The van der Waals surface area contributed by atoms with Crippen LogP contribution in [0.25, 0.3) is 33.5 Å². The Kier molecular flexibility index (Phi) is 6.84. The van der Waals surface area contributed by atoms with Crippen LogP contribution in [0.15, 0.2) is 48.8 Å². The van der Waals surface area contributed by atoms with E-state index in [1.165, 1.54) is 22.4 Å². The van der Waals surface area contributed by atoms with Crippen LogP contribution in [0.3, 0.4) is 0 Å². The van der Waals surface area contributed by atoms with Gasteiger partial charge >= 0.3 is 0 Å². The van der Waals surface area contributed by atoms with Crippen LogP contribution in [0.4, 0.5) is 0 Å². The summed E-state index contributed by atoms with van der Waals surface area (Å²) in [7, 11) is 3.52. The van der Waals surface area contributed by atoms with Crippen molar-refractivity contribution in [2.75, 3.05) is 33.8 Å². The molecule has 0 bridgehead atoms. The Labute approximate surface area is 245 Å². The Morgan fingerprint density at radius 1 is 1.10 bits per heavy atom. The highest BCUT2D eigenvalue weighted by Gasteiger charge is 2.21. The molecule has 9 nitrogen and oxygen atoms in total. The minimum atomic E-state index is -0.0151. The lowest BCUT2D eigenvalue weighted by atomic mass is 9.92. The Bertz CT molecular complexity index is 1760. The first-order chi connectivity index (χ1) is 20.4. The molecule has 0 spiro atoms. The maximum absolute atomic E-state index is 12.3. The van der Waals surface area contributed by atoms with Crippen molar-refractivity contribution in [3.8, 4) is 22.4 Å². The zero-order valence-electron chi connectivity index (χ0n) is 24.3. The maximum Gasteiger partial charge on any atom is 0.253 e. The molecule has 0 fully saturated rings. The second-order valence-corrected chi connectivity index (χ2v) is 11.6. The SMILES string of the molecule is Cc1cc(-c2cnc3[nH]cc(-c4ccc(C(=O)N(C)C)cc4)c3n2)cc2c1CCN(CCc1nc3c([nH]1)COCC3)C2. The molecule has 2 aliphatic rings. The lowest BCUT2D eigenvalue weighted by Crippen LogP contribution is -2.32. The second-order valence-electron chi connectivity index (χ2n) is 11.6. The smallest absolute Gasteiger partial charge is 0.253 e. The molecule has 2 aromatic carbocycles. The molecule has 0 saturated carbocycles. The molecule has 0 aliphatic carbocycles. The van der Waals surface area contributed by atoms with Crippen molar-refractivity contribution < 1.29 is 9.53 Å². The van der Waals surface area contributed by atoms with Crippen molar-refractivity contribution >= 4 is 17.1 Å². The normalized spacial score (nSPS) is 15.0. The summed E-state index contributed by atoms with van der Waals surface area (Å²) in [4.78, 5) is 37.8. The first kappa shape index (κ1) is 26.6. The summed E-state index contributed by atoms with van der Waals surface area (Å²) in [6.45, 7) is 6.54. The molecular weight excluding hydrogens is 526 g/mol. The van der Waals surface area contributed by atoms with Crippen LogP contribution in [0.5, 0.6) is 0 Å². The molecule has 7 rings (SSSR count).